The van der Waals surface area contributed by atoms with Gasteiger partial charge >= 0.3 is 6.09 Å². The molecule has 0 saturated heterocycles. The SMILES string of the molecule is CCOC(=O)N1CC(C)N(C(C)=O)c2ccc(-c3ccc(S(=O)(=O)NC)cc3)cc21. The Labute approximate surface area is 176 Å². The van der Waals surface area contributed by atoms with Gasteiger partial charge in [-0.1, -0.05) is 18.2 Å². The van der Waals surface area contributed by atoms with Crippen molar-refractivity contribution in [2.45, 2.75) is 31.7 Å². The Morgan fingerprint density at radius 3 is 2.30 bits per heavy atom. The van der Waals surface area contributed by atoms with Crippen molar-refractivity contribution in [3.05, 3.63) is 42.5 Å². The average molecular weight is 432 g/mol. The summed E-state index contributed by atoms with van der Waals surface area (Å²) in [5.74, 6) is -0.110. The number of fused-ring (bicyclic) bond motifs is 1. The number of hydrogen-bond acceptors (Lipinski definition) is 5. The van der Waals surface area contributed by atoms with E-state index in [9.17, 15) is 18.0 Å². The number of ether oxygens (including phenoxy) is 1. The summed E-state index contributed by atoms with van der Waals surface area (Å²) in [6.45, 7) is 5.68. The topological polar surface area (TPSA) is 96.0 Å². The van der Waals surface area contributed by atoms with Crippen molar-refractivity contribution in [3.63, 3.8) is 0 Å². The first kappa shape index (κ1) is 21.8. The highest BCUT2D eigenvalue weighted by Crippen LogP contribution is 2.39. The second kappa shape index (κ2) is 8.45. The highest BCUT2D eigenvalue weighted by molar-refractivity contribution is 7.89. The fourth-order valence-electron chi connectivity index (χ4n) is 3.60. The number of nitrogens with one attached hydrogen (secondary N) is 1. The molecule has 0 aliphatic carbocycles. The molecule has 0 aromatic heterocycles. The van der Waals surface area contributed by atoms with E-state index in [1.165, 1.54) is 31.0 Å². The van der Waals surface area contributed by atoms with Crippen molar-refractivity contribution in [2.75, 3.05) is 30.0 Å². The van der Waals surface area contributed by atoms with Gasteiger partial charge in [0.05, 0.1) is 28.9 Å². The number of carbonyl (C=O) groups is 2. The molecular formula is C21H25N3O5S. The van der Waals surface area contributed by atoms with E-state index < -0.39 is 16.1 Å². The van der Waals surface area contributed by atoms with Gasteiger partial charge in [-0.05, 0) is 56.3 Å². The van der Waals surface area contributed by atoms with Crippen molar-refractivity contribution in [1.29, 1.82) is 0 Å². The van der Waals surface area contributed by atoms with Gasteiger partial charge in [0, 0.05) is 13.5 Å². The molecule has 2 amide bonds. The van der Waals surface area contributed by atoms with Crippen LogP contribution in [-0.4, -0.2) is 46.7 Å². The summed E-state index contributed by atoms with van der Waals surface area (Å²) in [6, 6.07) is 11.7. The van der Waals surface area contributed by atoms with E-state index in [0.29, 0.717) is 17.9 Å². The molecule has 2 aromatic carbocycles. The van der Waals surface area contributed by atoms with Crippen LogP contribution < -0.4 is 14.5 Å². The lowest BCUT2D eigenvalue weighted by molar-refractivity contribution is -0.117. The van der Waals surface area contributed by atoms with Gasteiger partial charge in [0.15, 0.2) is 0 Å². The van der Waals surface area contributed by atoms with E-state index in [1.807, 2.05) is 19.1 Å². The van der Waals surface area contributed by atoms with Gasteiger partial charge in [0.1, 0.15) is 0 Å². The Balaban J connectivity index is 2.07. The number of benzene rings is 2. The summed E-state index contributed by atoms with van der Waals surface area (Å²) in [5.41, 5.74) is 2.78. The number of anilines is 2. The molecular weight excluding hydrogens is 406 g/mol. The molecule has 0 radical (unpaired) electrons. The van der Waals surface area contributed by atoms with Crippen molar-refractivity contribution in [3.8, 4) is 11.1 Å². The minimum Gasteiger partial charge on any atom is -0.449 e. The molecule has 8 nitrogen and oxygen atoms in total. The van der Waals surface area contributed by atoms with Crippen molar-refractivity contribution in [1.82, 2.24) is 4.72 Å². The zero-order valence-electron chi connectivity index (χ0n) is 17.4. The molecule has 0 bridgehead atoms. The van der Waals surface area contributed by atoms with E-state index in [4.69, 9.17) is 4.74 Å². The van der Waals surface area contributed by atoms with E-state index in [1.54, 1.807) is 30.0 Å². The number of rotatable bonds is 4. The Kier molecular flexibility index (Phi) is 6.14. The Bertz CT molecular complexity index is 1070. The van der Waals surface area contributed by atoms with Gasteiger partial charge in [-0.15, -0.1) is 0 Å². The van der Waals surface area contributed by atoms with Gasteiger partial charge in [0.25, 0.3) is 0 Å². The first-order valence-corrected chi connectivity index (χ1v) is 11.1. The highest BCUT2D eigenvalue weighted by Gasteiger charge is 2.34. The van der Waals surface area contributed by atoms with E-state index >= 15 is 0 Å². The molecule has 1 aliphatic heterocycles. The second-order valence-corrected chi connectivity index (χ2v) is 8.87. The lowest BCUT2D eigenvalue weighted by Crippen LogP contribution is -2.51. The minimum absolute atomic E-state index is 0.110. The number of hydrogen-bond donors (Lipinski definition) is 1. The van der Waals surface area contributed by atoms with Gasteiger partial charge in [-0.2, -0.15) is 0 Å². The summed E-state index contributed by atoms with van der Waals surface area (Å²) >= 11 is 0. The zero-order valence-corrected chi connectivity index (χ0v) is 18.2. The van der Waals surface area contributed by atoms with Gasteiger partial charge < -0.3 is 9.64 Å². The molecule has 1 aliphatic rings. The standard InChI is InChI=1S/C21H25N3O5S/c1-5-29-21(26)23-13-14(2)24(15(3)25)19-11-8-17(12-20(19)23)16-6-9-18(10-7-16)30(27,28)22-4/h6-12,14,22H,5,13H2,1-4H3. The van der Waals surface area contributed by atoms with E-state index in [2.05, 4.69) is 4.72 Å². The Morgan fingerprint density at radius 1 is 1.10 bits per heavy atom. The quantitative estimate of drug-likeness (QED) is 0.803. The molecule has 9 heteroatoms. The molecule has 2 aromatic rings. The van der Waals surface area contributed by atoms with Crippen LogP contribution in [-0.2, 0) is 19.6 Å². The maximum atomic E-state index is 12.5. The smallest absolute Gasteiger partial charge is 0.414 e. The largest absolute Gasteiger partial charge is 0.449 e. The van der Waals surface area contributed by atoms with Crippen molar-refractivity contribution in [2.24, 2.45) is 0 Å². The molecule has 0 spiro atoms. The summed E-state index contributed by atoms with van der Waals surface area (Å²) < 4.78 is 31.4. The van der Waals surface area contributed by atoms with Crippen LogP contribution >= 0.6 is 0 Å². The molecule has 1 N–H and O–H groups in total. The van der Waals surface area contributed by atoms with E-state index in [-0.39, 0.29) is 23.5 Å². The summed E-state index contributed by atoms with van der Waals surface area (Å²) in [6.07, 6.45) is -0.471. The summed E-state index contributed by atoms with van der Waals surface area (Å²) in [4.78, 5) is 28.1. The third kappa shape index (κ3) is 4.03. The van der Waals surface area contributed by atoms with Crippen molar-refractivity contribution >= 4 is 33.4 Å². The fraction of sp³-hybridized carbons (Fsp3) is 0.333. The first-order valence-electron chi connectivity index (χ1n) is 9.61. The van der Waals surface area contributed by atoms with Crippen LogP contribution in [0, 0.1) is 0 Å². The molecule has 0 saturated carbocycles. The van der Waals surface area contributed by atoms with Crippen LogP contribution in [0.5, 0.6) is 0 Å². The highest BCUT2D eigenvalue weighted by atomic mass is 32.2. The zero-order chi connectivity index (χ0) is 22.1. The molecule has 30 heavy (non-hydrogen) atoms. The van der Waals surface area contributed by atoms with Gasteiger partial charge in [-0.25, -0.2) is 17.9 Å². The van der Waals surface area contributed by atoms with E-state index in [0.717, 1.165) is 11.1 Å². The fourth-order valence-corrected chi connectivity index (χ4v) is 4.33. The van der Waals surface area contributed by atoms with Crippen LogP contribution in [0.2, 0.25) is 0 Å². The number of amides is 2. The maximum absolute atomic E-state index is 12.5. The predicted octanol–water partition coefficient (Wildman–Crippen LogP) is 2.98. The normalized spacial score (nSPS) is 16.2. The molecule has 0 fully saturated rings. The monoisotopic (exact) mass is 431 g/mol. The average Bonchev–Trinajstić information content (AvgIpc) is 2.72. The molecule has 1 heterocycles. The van der Waals surface area contributed by atoms with Gasteiger partial charge in [-0.3, -0.25) is 9.69 Å². The van der Waals surface area contributed by atoms with Crippen LogP contribution in [0.3, 0.4) is 0 Å². The van der Waals surface area contributed by atoms with Crippen LogP contribution in [0.25, 0.3) is 11.1 Å². The summed E-state index contributed by atoms with van der Waals surface area (Å²) in [5, 5.41) is 0. The third-order valence-electron chi connectivity index (χ3n) is 5.01. The molecule has 1 unspecified atom stereocenters. The Morgan fingerprint density at radius 2 is 1.73 bits per heavy atom. The van der Waals surface area contributed by atoms with Crippen LogP contribution in [0.4, 0.5) is 16.2 Å². The van der Waals surface area contributed by atoms with Crippen molar-refractivity contribution < 1.29 is 22.7 Å². The molecule has 3 rings (SSSR count). The molecule has 160 valence electrons. The maximum Gasteiger partial charge on any atom is 0.414 e. The summed E-state index contributed by atoms with van der Waals surface area (Å²) in [7, 11) is -2.16. The van der Waals surface area contributed by atoms with Crippen LogP contribution in [0.1, 0.15) is 20.8 Å². The van der Waals surface area contributed by atoms with Gasteiger partial charge in [0.2, 0.25) is 15.9 Å². The van der Waals surface area contributed by atoms with Crippen LogP contribution in [0.15, 0.2) is 47.4 Å². The lowest BCUT2D eigenvalue weighted by atomic mass is 10.0. The third-order valence-corrected chi connectivity index (χ3v) is 6.44. The first-order chi connectivity index (χ1) is 14.2. The predicted molar refractivity (Wildman–Crippen MR) is 115 cm³/mol. The number of carbonyl (C=O) groups excluding carboxylic acids is 2. The second-order valence-electron chi connectivity index (χ2n) is 6.98. The Hall–Kier alpha value is -2.91. The number of sulfonamides is 1. The molecule has 1 atom stereocenters. The minimum atomic E-state index is -3.52. The lowest BCUT2D eigenvalue weighted by Gasteiger charge is -2.40. The number of nitrogens with zero attached hydrogens (tertiary/aromatic N) is 2.